The minimum absolute atomic E-state index is 0.207. The van der Waals surface area contributed by atoms with Crippen molar-refractivity contribution in [3.63, 3.8) is 0 Å². The number of rotatable bonds is 7. The van der Waals surface area contributed by atoms with Gasteiger partial charge in [-0.3, -0.25) is 0 Å². The third-order valence-electron chi connectivity index (χ3n) is 16.9. The zero-order valence-corrected chi connectivity index (χ0v) is 13.4. The molecule has 0 amide bonds. The van der Waals surface area contributed by atoms with E-state index in [2.05, 4.69) is 6.92 Å². The zero-order valence-electron chi connectivity index (χ0n) is 12.3. The van der Waals surface area contributed by atoms with Crippen molar-refractivity contribution in [2.24, 2.45) is 0 Å². The summed E-state index contributed by atoms with van der Waals surface area (Å²) in [6.07, 6.45) is 8.28. The maximum atomic E-state index is 11.2. The predicted molar refractivity (Wildman–Crippen MR) is 75.8 cm³/mol. The second-order valence-electron chi connectivity index (χ2n) is 12.5. The number of hydrogen-bond acceptors (Lipinski definition) is 1. The van der Waals surface area contributed by atoms with E-state index in [9.17, 15) is 5.11 Å². The molecule has 1 spiro atoms. The first kappa shape index (κ1) is 8.94. The molecule has 2 heteroatoms. The van der Waals surface area contributed by atoms with Crippen LogP contribution in [-0.2, 0) is 6.51 Å². The van der Waals surface area contributed by atoms with Crippen molar-refractivity contribution >= 4 is 0 Å². The van der Waals surface area contributed by atoms with Gasteiger partial charge in [0.1, 0.15) is 0 Å². The molecule has 10 heterocycles. The van der Waals surface area contributed by atoms with Crippen LogP contribution in [-0.4, -0.2) is 11.2 Å². The van der Waals surface area contributed by atoms with Gasteiger partial charge in [-0.15, -0.1) is 0 Å². The summed E-state index contributed by atoms with van der Waals surface area (Å²) in [6.45, 7) is -0.670. The summed E-state index contributed by atoms with van der Waals surface area (Å²) in [7, 11) is 0. The van der Waals surface area contributed by atoms with Crippen molar-refractivity contribution in [2.45, 2.75) is 99.2 Å². The Balaban J connectivity index is 1.11. The Hall–Kier alpha value is 0.479. The van der Waals surface area contributed by atoms with Gasteiger partial charge in [-0.2, -0.15) is 0 Å². The van der Waals surface area contributed by atoms with Gasteiger partial charge in [0.25, 0.3) is 0 Å². The molecule has 10 aliphatic heterocycles. The van der Waals surface area contributed by atoms with E-state index in [0.29, 0.717) is 0 Å². The molecule has 112 valence electrons. The predicted octanol–water partition coefficient (Wildman–Crippen LogP) is 5.47. The quantitative estimate of drug-likeness (QED) is 0.488. The zero-order chi connectivity index (χ0) is 12.8. The number of unbranched alkanes of at least 4 members (excludes halogenated alkanes) is 4. The molecule has 10 fully saturated rings. The number of aliphatic hydroxyl groups excluding tert-OH is 1. The molecule has 0 saturated carbocycles. The van der Waals surface area contributed by atoms with Gasteiger partial charge in [0.2, 0.25) is 0 Å². The molecule has 0 bridgehead atoms. The van der Waals surface area contributed by atoms with Crippen LogP contribution >= 0.6 is 0 Å². The summed E-state index contributed by atoms with van der Waals surface area (Å²) in [5.41, 5.74) is 0. The maximum absolute atomic E-state index is 11.2. The van der Waals surface area contributed by atoms with Crippen LogP contribution < -0.4 is 0 Å². The standard InChI is InChI=1S/C13H21O.C5H5.Fe/c1-2-3-4-5-6-11-13(14)12-9-7-8-10-12;1-2-4-5-3-1;/h7-10,13-14H,2-6,11H2,1H3;1-5H;. The SMILES string of the molecule is CCCCCCCC(O)[C]12[CH]3[CH]4[CH]5[CH]1[Fe]45321678[CH]2[CH]1[CH]6[CH]7[CH]28. The van der Waals surface area contributed by atoms with Gasteiger partial charge in [0.05, 0.1) is 0 Å². The molecule has 0 aromatic heterocycles. The molecule has 1 nitrogen and oxygen atoms in total. The summed E-state index contributed by atoms with van der Waals surface area (Å²) < 4.78 is 0.754. The van der Waals surface area contributed by atoms with Crippen LogP contribution in [0.3, 0.4) is 0 Å². The van der Waals surface area contributed by atoms with Crippen molar-refractivity contribution in [2.75, 3.05) is 0 Å². The summed E-state index contributed by atoms with van der Waals surface area (Å²) in [5.74, 6) is 0. The van der Waals surface area contributed by atoms with E-state index in [-0.39, 0.29) is 6.10 Å². The van der Waals surface area contributed by atoms with E-state index < -0.39 is 6.51 Å². The first-order valence-electron chi connectivity index (χ1n) is 9.42. The van der Waals surface area contributed by atoms with Crippen molar-refractivity contribution in [1.82, 2.24) is 0 Å². The average molecular weight is 314 g/mol. The van der Waals surface area contributed by atoms with Crippen molar-refractivity contribution in [3.8, 4) is 0 Å². The van der Waals surface area contributed by atoms with E-state index in [1.165, 1.54) is 81.9 Å². The van der Waals surface area contributed by atoms with E-state index in [1.807, 2.05) is 0 Å². The molecular weight excluding hydrogens is 288 g/mol. The monoisotopic (exact) mass is 314 g/mol. The van der Waals surface area contributed by atoms with Gasteiger partial charge in [-0.05, 0) is 0 Å². The third kappa shape index (κ3) is 0.110. The van der Waals surface area contributed by atoms with Crippen LogP contribution in [0.15, 0.2) is 0 Å². The fourth-order valence-corrected chi connectivity index (χ4v) is 93.5. The Labute approximate surface area is 111 Å². The van der Waals surface area contributed by atoms with Gasteiger partial charge in [-0.1, -0.05) is 0 Å². The Bertz CT molecular complexity index is 897. The fourth-order valence-electron chi connectivity index (χ4n) is 18.5. The average Bonchev–Trinajstić information content (AvgIpc) is 3.38. The molecule has 0 aromatic rings. The van der Waals surface area contributed by atoms with Gasteiger partial charge in [-0.25, -0.2) is 0 Å². The van der Waals surface area contributed by atoms with E-state index >= 15 is 0 Å². The van der Waals surface area contributed by atoms with Crippen LogP contribution in [0.5, 0.6) is 0 Å². The van der Waals surface area contributed by atoms with Gasteiger partial charge >= 0.3 is 111 Å². The molecule has 1 N–H and O–H groups in total. The minimum atomic E-state index is -2.96. The molecule has 5 atom stereocenters. The van der Waals surface area contributed by atoms with Crippen molar-refractivity contribution in [1.29, 1.82) is 0 Å². The van der Waals surface area contributed by atoms with Crippen LogP contribution in [0.2, 0.25) is 47.7 Å². The Morgan fingerprint density at radius 2 is 1.40 bits per heavy atom. The van der Waals surface area contributed by atoms with Crippen molar-refractivity contribution in [3.05, 3.63) is 0 Å². The first-order chi connectivity index (χ1) is 9.53. The molecule has 20 heavy (non-hydrogen) atoms. The summed E-state index contributed by atoms with van der Waals surface area (Å²) >= 11 is 0. The van der Waals surface area contributed by atoms with Gasteiger partial charge in [0, 0.05) is 0 Å². The van der Waals surface area contributed by atoms with Crippen LogP contribution in [0.25, 0.3) is 0 Å². The first-order valence-corrected chi connectivity index (χ1v) is 15.7. The summed E-state index contributed by atoms with van der Waals surface area (Å²) in [5, 5.41) is 11.2. The molecule has 0 aromatic carbocycles. The Morgan fingerprint density at radius 3 is 1.80 bits per heavy atom. The second kappa shape index (κ2) is 0.869. The molecular formula is C18H26FeO. The normalized spacial score (nSPS) is 105. The van der Waals surface area contributed by atoms with E-state index in [1.54, 1.807) is 0 Å². The second-order valence-corrected chi connectivity index (χ2v) is 36.1. The Kier molecular flexibility index (Phi) is 0.389. The van der Waals surface area contributed by atoms with Gasteiger partial charge < -0.3 is 0 Å². The summed E-state index contributed by atoms with van der Waals surface area (Å²) in [4.78, 5) is 12.3. The van der Waals surface area contributed by atoms with E-state index in [4.69, 9.17) is 0 Å². The molecule has 0 aliphatic carbocycles. The topological polar surface area (TPSA) is 20.2 Å². The molecule has 5 unspecified atom stereocenters. The fraction of sp³-hybridized carbons (Fsp3) is 1.00. The van der Waals surface area contributed by atoms with Crippen molar-refractivity contribution < 1.29 is 11.6 Å². The Morgan fingerprint density at radius 1 is 0.850 bits per heavy atom. The van der Waals surface area contributed by atoms with Gasteiger partial charge in [0.15, 0.2) is 0 Å². The molecule has 10 aliphatic rings. The van der Waals surface area contributed by atoms with Crippen LogP contribution in [0.4, 0.5) is 0 Å². The molecule has 10 rings (SSSR count). The molecule has 10 saturated heterocycles. The molecule has 0 radical (unpaired) electrons. The number of aliphatic hydroxyl groups is 1. The van der Waals surface area contributed by atoms with E-state index in [0.717, 1.165) is 4.31 Å². The van der Waals surface area contributed by atoms with Crippen LogP contribution in [0.1, 0.15) is 45.4 Å². The third-order valence-corrected chi connectivity index (χ3v) is 59.6. The number of fused-ring (bicyclic) bond motifs is 10. The van der Waals surface area contributed by atoms with Crippen LogP contribution in [0, 0.1) is 0 Å². The number of hydrogen-bond donors (Lipinski definition) is 1. The summed E-state index contributed by atoms with van der Waals surface area (Å²) in [6, 6.07) is 0.